The van der Waals surface area contributed by atoms with Crippen LogP contribution in [0.15, 0.2) is 24.4 Å². The van der Waals surface area contributed by atoms with Gasteiger partial charge in [-0.25, -0.2) is 14.4 Å². The third kappa shape index (κ3) is 3.45. The van der Waals surface area contributed by atoms with Crippen LogP contribution in [0.25, 0.3) is 0 Å². The third-order valence-corrected chi connectivity index (χ3v) is 3.04. The van der Waals surface area contributed by atoms with E-state index in [0.717, 1.165) is 23.4 Å². The van der Waals surface area contributed by atoms with Gasteiger partial charge in [-0.3, -0.25) is 0 Å². The lowest BCUT2D eigenvalue weighted by molar-refractivity contribution is -0.137. The molecule has 0 atom stereocenters. The van der Waals surface area contributed by atoms with Crippen molar-refractivity contribution in [1.82, 2.24) is 15.3 Å². The van der Waals surface area contributed by atoms with Crippen LogP contribution in [0.3, 0.4) is 0 Å². The fourth-order valence-corrected chi connectivity index (χ4v) is 2.07. The molecule has 0 saturated heterocycles. The Bertz CT molecular complexity index is 690. The zero-order chi connectivity index (χ0) is 15.0. The second kappa shape index (κ2) is 6.05. The van der Waals surface area contributed by atoms with E-state index in [-0.39, 0.29) is 24.0 Å². The van der Waals surface area contributed by atoms with Gasteiger partial charge in [0.1, 0.15) is 5.82 Å². The van der Waals surface area contributed by atoms with Crippen LogP contribution < -0.4 is 10.6 Å². The smallest absolute Gasteiger partial charge is 0.324 e. The Morgan fingerprint density at radius 1 is 1.14 bits per heavy atom. The fraction of sp³-hybridized carbons (Fsp3) is 0.231. The summed E-state index contributed by atoms with van der Waals surface area (Å²) in [4.78, 5) is 8.18. The first-order chi connectivity index (χ1) is 9.91. The van der Waals surface area contributed by atoms with Gasteiger partial charge in [0.25, 0.3) is 0 Å². The molecule has 0 saturated carbocycles. The SMILES string of the molecule is Cl.Fc1cc(Nc2ncc3c(n2)CNC3)cc(C(F)(F)F)c1. The maximum absolute atomic E-state index is 13.3. The lowest BCUT2D eigenvalue weighted by Crippen LogP contribution is -2.07. The average molecular weight is 335 g/mol. The second-order valence-electron chi connectivity index (χ2n) is 4.62. The molecule has 22 heavy (non-hydrogen) atoms. The molecule has 0 aliphatic carbocycles. The van der Waals surface area contributed by atoms with Gasteiger partial charge in [-0.15, -0.1) is 12.4 Å². The largest absolute Gasteiger partial charge is 0.416 e. The topological polar surface area (TPSA) is 49.8 Å². The molecule has 9 heteroatoms. The van der Waals surface area contributed by atoms with Gasteiger partial charge in [0.2, 0.25) is 5.95 Å². The molecule has 118 valence electrons. The first kappa shape index (κ1) is 16.4. The number of rotatable bonds is 2. The van der Waals surface area contributed by atoms with Crippen molar-refractivity contribution in [3.63, 3.8) is 0 Å². The summed E-state index contributed by atoms with van der Waals surface area (Å²) in [5.74, 6) is -0.841. The first-order valence-corrected chi connectivity index (χ1v) is 6.12. The predicted octanol–water partition coefficient (Wildman–Crippen LogP) is 3.40. The normalized spacial score (nSPS) is 13.5. The molecular formula is C13H11ClF4N4. The van der Waals surface area contributed by atoms with E-state index in [9.17, 15) is 17.6 Å². The van der Waals surface area contributed by atoms with Crippen molar-refractivity contribution >= 4 is 24.0 Å². The minimum absolute atomic E-state index is 0. The summed E-state index contributed by atoms with van der Waals surface area (Å²) in [5.41, 5.74) is 0.608. The lowest BCUT2D eigenvalue weighted by Gasteiger charge is -2.10. The molecule has 1 aliphatic heterocycles. The van der Waals surface area contributed by atoms with E-state index in [0.29, 0.717) is 19.2 Å². The van der Waals surface area contributed by atoms with Crippen LogP contribution in [-0.2, 0) is 19.3 Å². The van der Waals surface area contributed by atoms with Gasteiger partial charge in [-0.1, -0.05) is 0 Å². The van der Waals surface area contributed by atoms with Crippen LogP contribution in [0, 0.1) is 5.82 Å². The van der Waals surface area contributed by atoms with Gasteiger partial charge in [0.15, 0.2) is 0 Å². The number of nitrogens with one attached hydrogen (secondary N) is 2. The highest BCUT2D eigenvalue weighted by molar-refractivity contribution is 5.85. The number of benzene rings is 1. The van der Waals surface area contributed by atoms with Gasteiger partial charge in [-0.2, -0.15) is 13.2 Å². The number of hydrogen-bond acceptors (Lipinski definition) is 4. The summed E-state index contributed by atoms with van der Waals surface area (Å²) in [6, 6.07) is 2.22. The van der Waals surface area contributed by atoms with Crippen LogP contribution in [0.1, 0.15) is 16.8 Å². The van der Waals surface area contributed by atoms with E-state index >= 15 is 0 Å². The van der Waals surface area contributed by atoms with Gasteiger partial charge >= 0.3 is 6.18 Å². The van der Waals surface area contributed by atoms with E-state index in [2.05, 4.69) is 20.6 Å². The van der Waals surface area contributed by atoms with E-state index in [1.54, 1.807) is 6.20 Å². The monoisotopic (exact) mass is 334 g/mol. The Balaban J connectivity index is 0.00000176. The van der Waals surface area contributed by atoms with Crippen molar-refractivity contribution in [3.05, 3.63) is 47.0 Å². The molecule has 0 unspecified atom stereocenters. The Labute approximate surface area is 129 Å². The number of hydrogen-bond donors (Lipinski definition) is 2. The average Bonchev–Trinajstić information content (AvgIpc) is 2.84. The number of halogens is 5. The van der Waals surface area contributed by atoms with Crippen molar-refractivity contribution in [2.24, 2.45) is 0 Å². The van der Waals surface area contributed by atoms with E-state index < -0.39 is 17.6 Å². The van der Waals surface area contributed by atoms with Crippen molar-refractivity contribution in [2.75, 3.05) is 5.32 Å². The molecule has 2 aromatic rings. The molecule has 0 fully saturated rings. The summed E-state index contributed by atoms with van der Waals surface area (Å²) < 4.78 is 51.2. The van der Waals surface area contributed by atoms with Crippen molar-refractivity contribution in [3.8, 4) is 0 Å². The van der Waals surface area contributed by atoms with Crippen molar-refractivity contribution < 1.29 is 17.6 Å². The molecule has 0 spiro atoms. The minimum Gasteiger partial charge on any atom is -0.324 e. The van der Waals surface area contributed by atoms with Crippen molar-refractivity contribution in [1.29, 1.82) is 0 Å². The van der Waals surface area contributed by atoms with Crippen LogP contribution in [0.4, 0.5) is 29.2 Å². The number of anilines is 2. The molecular weight excluding hydrogens is 324 g/mol. The number of nitrogens with zero attached hydrogens (tertiary/aromatic N) is 2. The summed E-state index contributed by atoms with van der Waals surface area (Å²) in [6.45, 7) is 1.23. The standard InChI is InChI=1S/C13H10F4N4.ClH/c14-9-1-8(13(15,16)17)2-10(3-9)20-12-19-5-7-4-18-6-11(7)21-12;/h1-3,5,18H,4,6H2,(H,19,20,21);1H. The number of fused-ring (bicyclic) bond motifs is 1. The minimum atomic E-state index is -4.61. The molecule has 3 rings (SSSR count). The van der Waals surface area contributed by atoms with Crippen molar-refractivity contribution in [2.45, 2.75) is 19.3 Å². The zero-order valence-electron chi connectivity index (χ0n) is 11.0. The van der Waals surface area contributed by atoms with Gasteiger partial charge < -0.3 is 10.6 Å². The lowest BCUT2D eigenvalue weighted by atomic mass is 10.2. The van der Waals surface area contributed by atoms with Crippen LogP contribution in [0.5, 0.6) is 0 Å². The highest BCUT2D eigenvalue weighted by Gasteiger charge is 2.31. The fourth-order valence-electron chi connectivity index (χ4n) is 2.07. The Morgan fingerprint density at radius 3 is 2.64 bits per heavy atom. The molecule has 2 heterocycles. The molecule has 0 bridgehead atoms. The van der Waals surface area contributed by atoms with Gasteiger partial charge in [0.05, 0.1) is 11.3 Å². The summed E-state index contributed by atoms with van der Waals surface area (Å²) in [7, 11) is 0. The van der Waals surface area contributed by atoms with E-state index in [4.69, 9.17) is 0 Å². The van der Waals surface area contributed by atoms with E-state index in [1.807, 2.05) is 0 Å². The quantitative estimate of drug-likeness (QED) is 0.826. The molecule has 1 aromatic heterocycles. The molecule has 4 nitrogen and oxygen atoms in total. The van der Waals surface area contributed by atoms with Gasteiger partial charge in [-0.05, 0) is 18.2 Å². The summed E-state index contributed by atoms with van der Waals surface area (Å²) in [5, 5.41) is 5.67. The Morgan fingerprint density at radius 2 is 1.91 bits per heavy atom. The molecule has 0 radical (unpaired) electrons. The van der Waals surface area contributed by atoms with Crippen LogP contribution >= 0.6 is 12.4 Å². The van der Waals surface area contributed by atoms with Crippen LogP contribution in [-0.4, -0.2) is 9.97 Å². The molecule has 1 aromatic carbocycles. The second-order valence-corrected chi connectivity index (χ2v) is 4.62. The van der Waals surface area contributed by atoms with E-state index in [1.165, 1.54) is 0 Å². The highest BCUT2D eigenvalue weighted by atomic mass is 35.5. The zero-order valence-corrected chi connectivity index (χ0v) is 11.9. The third-order valence-electron chi connectivity index (χ3n) is 3.04. The summed E-state index contributed by atoms with van der Waals surface area (Å²) >= 11 is 0. The molecule has 1 aliphatic rings. The maximum Gasteiger partial charge on any atom is 0.416 e. The highest BCUT2D eigenvalue weighted by Crippen LogP contribution is 2.32. The molecule has 0 amide bonds. The Hall–Kier alpha value is -1.93. The number of alkyl halides is 3. The predicted molar refractivity (Wildman–Crippen MR) is 74.5 cm³/mol. The number of aromatic nitrogens is 2. The maximum atomic E-state index is 13.3. The van der Waals surface area contributed by atoms with Crippen LogP contribution in [0.2, 0.25) is 0 Å². The summed E-state index contributed by atoms with van der Waals surface area (Å²) in [6.07, 6.45) is -3.02. The first-order valence-electron chi connectivity index (χ1n) is 6.12. The Kier molecular flexibility index (Phi) is 4.52. The van der Waals surface area contributed by atoms with Gasteiger partial charge in [0, 0.05) is 30.5 Å². The molecule has 2 N–H and O–H groups in total.